The van der Waals surface area contributed by atoms with Crippen molar-refractivity contribution in [3.63, 3.8) is 0 Å². The predicted molar refractivity (Wildman–Crippen MR) is 64.2 cm³/mol. The summed E-state index contributed by atoms with van der Waals surface area (Å²) in [6.07, 6.45) is 2.08. The number of carbonyl (C=O) groups excluding carboxylic acids is 1. The first-order valence-electron chi connectivity index (χ1n) is 5.51. The molecule has 1 aromatic rings. The highest BCUT2D eigenvalue weighted by atomic mass is 32.1. The lowest BCUT2D eigenvalue weighted by Gasteiger charge is -2.25. The number of likely N-dealkylation sites (tertiary alicyclic amines) is 1. The number of likely N-dealkylation sites (N-methyl/N-ethyl adjacent to an activating group) is 1. The van der Waals surface area contributed by atoms with Crippen molar-refractivity contribution in [2.45, 2.75) is 25.4 Å². The Morgan fingerprint density at radius 3 is 3.12 bits per heavy atom. The molecule has 1 aliphatic rings. The van der Waals surface area contributed by atoms with Gasteiger partial charge in [0.25, 0.3) is 0 Å². The van der Waals surface area contributed by atoms with Crippen LogP contribution in [-0.2, 0) is 11.3 Å². The van der Waals surface area contributed by atoms with Crippen molar-refractivity contribution in [3.05, 3.63) is 16.6 Å². The van der Waals surface area contributed by atoms with Gasteiger partial charge in [-0.1, -0.05) is 0 Å². The Bertz CT molecular complexity index is 350. The Labute approximate surface area is 99.9 Å². The summed E-state index contributed by atoms with van der Waals surface area (Å²) in [5.41, 5.74) is 2.91. The molecule has 1 aliphatic heterocycles. The van der Waals surface area contributed by atoms with E-state index in [9.17, 15) is 4.79 Å². The number of aromatic nitrogens is 1. The van der Waals surface area contributed by atoms with Gasteiger partial charge in [0.15, 0.2) is 0 Å². The summed E-state index contributed by atoms with van der Waals surface area (Å²) in [6, 6.07) is 0.0525. The van der Waals surface area contributed by atoms with Gasteiger partial charge in [-0.05, 0) is 19.4 Å². The zero-order valence-corrected chi connectivity index (χ0v) is 10.5. The molecule has 5 heteroatoms. The average molecular weight is 239 g/mol. The van der Waals surface area contributed by atoms with Crippen LogP contribution in [-0.4, -0.2) is 47.4 Å². The summed E-state index contributed by atoms with van der Waals surface area (Å²) in [4.78, 5) is 20.1. The van der Waals surface area contributed by atoms with Crippen molar-refractivity contribution >= 4 is 17.2 Å². The number of nitrogens with zero attached hydrogens (tertiary/aromatic N) is 3. The maximum Gasteiger partial charge on any atom is 0.239 e. The summed E-state index contributed by atoms with van der Waals surface area (Å²) in [5.74, 6) is 0.215. The van der Waals surface area contributed by atoms with Crippen molar-refractivity contribution in [3.8, 4) is 0 Å². The zero-order chi connectivity index (χ0) is 11.5. The van der Waals surface area contributed by atoms with Crippen molar-refractivity contribution in [1.29, 1.82) is 0 Å². The summed E-state index contributed by atoms with van der Waals surface area (Å²) < 4.78 is 0. The Kier molecular flexibility index (Phi) is 3.56. The summed E-state index contributed by atoms with van der Waals surface area (Å²) in [5, 5.41) is 2.05. The predicted octanol–water partition coefficient (Wildman–Crippen LogP) is 1.20. The third-order valence-corrected chi connectivity index (χ3v) is 3.57. The number of hydrogen-bond acceptors (Lipinski definition) is 4. The molecular formula is C11H17N3OS. The maximum atomic E-state index is 12.0. The molecule has 1 amide bonds. The lowest BCUT2D eigenvalue weighted by molar-refractivity contribution is -0.133. The van der Waals surface area contributed by atoms with E-state index in [-0.39, 0.29) is 11.9 Å². The first-order valence-corrected chi connectivity index (χ1v) is 6.45. The molecule has 1 atom stereocenters. The van der Waals surface area contributed by atoms with E-state index in [1.807, 2.05) is 19.6 Å². The smallest absolute Gasteiger partial charge is 0.239 e. The Balaban J connectivity index is 2.01. The van der Waals surface area contributed by atoms with Crippen molar-refractivity contribution < 1.29 is 4.79 Å². The van der Waals surface area contributed by atoms with Crippen LogP contribution in [0.15, 0.2) is 10.9 Å². The molecule has 1 fully saturated rings. The molecule has 1 saturated heterocycles. The van der Waals surface area contributed by atoms with Gasteiger partial charge in [-0.25, -0.2) is 4.98 Å². The Morgan fingerprint density at radius 2 is 2.50 bits per heavy atom. The van der Waals surface area contributed by atoms with Gasteiger partial charge in [0.1, 0.15) is 0 Å². The van der Waals surface area contributed by atoms with Crippen LogP contribution < -0.4 is 0 Å². The van der Waals surface area contributed by atoms with Crippen LogP contribution in [0, 0.1) is 0 Å². The molecule has 1 unspecified atom stereocenters. The highest BCUT2D eigenvalue weighted by molar-refractivity contribution is 7.07. The molecule has 1 aromatic heterocycles. The van der Waals surface area contributed by atoms with E-state index < -0.39 is 0 Å². The number of carbonyl (C=O) groups is 1. The van der Waals surface area contributed by atoms with Crippen LogP contribution in [0.2, 0.25) is 0 Å². The summed E-state index contributed by atoms with van der Waals surface area (Å²) >= 11 is 1.61. The minimum absolute atomic E-state index is 0.0525. The number of thiazole rings is 1. The SMILES string of the molecule is CN(C)C(=O)C1CCCN1Cc1cscn1. The monoisotopic (exact) mass is 239 g/mol. The van der Waals surface area contributed by atoms with E-state index in [1.165, 1.54) is 0 Å². The minimum atomic E-state index is 0.0525. The largest absolute Gasteiger partial charge is 0.347 e. The lowest BCUT2D eigenvalue weighted by Crippen LogP contribution is -2.42. The average Bonchev–Trinajstić information content (AvgIpc) is 2.88. The third-order valence-electron chi connectivity index (χ3n) is 2.94. The first-order chi connectivity index (χ1) is 7.68. The second-order valence-corrected chi connectivity index (χ2v) is 5.06. The molecule has 4 nitrogen and oxygen atoms in total. The van der Waals surface area contributed by atoms with Gasteiger partial charge in [-0.3, -0.25) is 9.69 Å². The molecule has 0 spiro atoms. The van der Waals surface area contributed by atoms with Gasteiger partial charge in [-0.15, -0.1) is 11.3 Å². The molecule has 0 bridgehead atoms. The summed E-state index contributed by atoms with van der Waals surface area (Å²) in [6.45, 7) is 1.80. The third kappa shape index (κ3) is 2.41. The van der Waals surface area contributed by atoms with Gasteiger partial charge in [0, 0.05) is 26.0 Å². The van der Waals surface area contributed by atoms with Crippen LogP contribution >= 0.6 is 11.3 Å². The van der Waals surface area contributed by atoms with E-state index in [2.05, 4.69) is 15.3 Å². The Morgan fingerprint density at radius 1 is 1.69 bits per heavy atom. The van der Waals surface area contributed by atoms with E-state index in [4.69, 9.17) is 0 Å². The molecular weight excluding hydrogens is 222 g/mol. The highest BCUT2D eigenvalue weighted by Gasteiger charge is 2.31. The van der Waals surface area contributed by atoms with Crippen molar-refractivity contribution in [2.24, 2.45) is 0 Å². The normalized spacial score (nSPS) is 21.2. The van der Waals surface area contributed by atoms with Crippen LogP contribution in [0.1, 0.15) is 18.5 Å². The molecule has 0 aromatic carbocycles. The first kappa shape index (κ1) is 11.5. The van der Waals surface area contributed by atoms with E-state index in [1.54, 1.807) is 16.2 Å². The van der Waals surface area contributed by atoms with E-state index in [0.717, 1.165) is 31.6 Å². The topological polar surface area (TPSA) is 36.4 Å². The molecule has 0 radical (unpaired) electrons. The molecule has 0 saturated carbocycles. The fraction of sp³-hybridized carbons (Fsp3) is 0.636. The molecule has 0 aliphatic carbocycles. The Hall–Kier alpha value is -0.940. The van der Waals surface area contributed by atoms with E-state index in [0.29, 0.717) is 0 Å². The lowest BCUT2D eigenvalue weighted by atomic mass is 10.2. The molecule has 88 valence electrons. The standard InChI is InChI=1S/C11H17N3OS/c1-13(2)11(15)10-4-3-5-14(10)6-9-7-16-8-12-9/h7-8,10H,3-6H2,1-2H3. The molecule has 2 rings (SSSR count). The summed E-state index contributed by atoms with van der Waals surface area (Å²) in [7, 11) is 3.64. The van der Waals surface area contributed by atoms with Crippen LogP contribution in [0.25, 0.3) is 0 Å². The van der Waals surface area contributed by atoms with Crippen LogP contribution in [0.5, 0.6) is 0 Å². The highest BCUT2D eigenvalue weighted by Crippen LogP contribution is 2.21. The van der Waals surface area contributed by atoms with Gasteiger partial charge in [0.2, 0.25) is 5.91 Å². The number of rotatable bonds is 3. The minimum Gasteiger partial charge on any atom is -0.347 e. The second-order valence-electron chi connectivity index (χ2n) is 4.34. The molecule has 0 N–H and O–H groups in total. The van der Waals surface area contributed by atoms with Crippen LogP contribution in [0.3, 0.4) is 0 Å². The van der Waals surface area contributed by atoms with Gasteiger partial charge < -0.3 is 4.90 Å². The zero-order valence-electron chi connectivity index (χ0n) is 9.72. The van der Waals surface area contributed by atoms with E-state index >= 15 is 0 Å². The number of amides is 1. The number of hydrogen-bond donors (Lipinski definition) is 0. The fourth-order valence-electron chi connectivity index (χ4n) is 2.12. The van der Waals surface area contributed by atoms with Gasteiger partial charge >= 0.3 is 0 Å². The van der Waals surface area contributed by atoms with Crippen molar-refractivity contribution in [2.75, 3.05) is 20.6 Å². The quantitative estimate of drug-likeness (QED) is 0.795. The van der Waals surface area contributed by atoms with Crippen LogP contribution in [0.4, 0.5) is 0 Å². The molecule has 16 heavy (non-hydrogen) atoms. The van der Waals surface area contributed by atoms with Crippen molar-refractivity contribution in [1.82, 2.24) is 14.8 Å². The molecule has 2 heterocycles. The van der Waals surface area contributed by atoms with Gasteiger partial charge in [-0.2, -0.15) is 0 Å². The van der Waals surface area contributed by atoms with Gasteiger partial charge in [0.05, 0.1) is 17.2 Å². The second kappa shape index (κ2) is 4.93. The maximum absolute atomic E-state index is 12.0. The fourth-order valence-corrected chi connectivity index (χ4v) is 2.67.